The number of ether oxygens (including phenoxy) is 1. The van der Waals surface area contributed by atoms with Crippen LogP contribution in [-0.4, -0.2) is 17.2 Å². The van der Waals surface area contributed by atoms with Gasteiger partial charge in [-0.2, -0.15) is 0 Å². The first-order chi connectivity index (χ1) is 6.15. The quantitative estimate of drug-likeness (QED) is 0.772. The van der Waals surface area contributed by atoms with Crippen LogP contribution in [0.4, 0.5) is 0 Å². The highest BCUT2D eigenvalue weighted by Gasteiger charge is 2.12. The molecular formula is C10H15NO2. The predicted octanol–water partition coefficient (Wildman–Crippen LogP) is 1.78. The lowest BCUT2D eigenvalue weighted by atomic mass is 10.0. The van der Waals surface area contributed by atoms with Gasteiger partial charge in [0.05, 0.1) is 19.4 Å². The van der Waals surface area contributed by atoms with Crippen LogP contribution in [0.1, 0.15) is 25.5 Å². The Morgan fingerprint density at radius 3 is 2.62 bits per heavy atom. The van der Waals surface area contributed by atoms with Crippen molar-refractivity contribution >= 4 is 0 Å². The molecule has 3 heteroatoms. The third kappa shape index (κ3) is 2.42. The highest BCUT2D eigenvalue weighted by Crippen LogP contribution is 2.23. The molecular weight excluding hydrogens is 166 g/mol. The van der Waals surface area contributed by atoms with Gasteiger partial charge in [0.25, 0.3) is 0 Å². The van der Waals surface area contributed by atoms with Crippen molar-refractivity contribution in [2.24, 2.45) is 5.92 Å². The molecule has 3 nitrogen and oxygen atoms in total. The Hall–Kier alpha value is -1.09. The smallest absolute Gasteiger partial charge is 0.137 e. The number of hydrogen-bond acceptors (Lipinski definition) is 3. The molecule has 0 amide bonds. The molecule has 1 N–H and O–H groups in total. The molecule has 1 heterocycles. The second-order valence-electron chi connectivity index (χ2n) is 3.35. The number of pyridine rings is 1. The molecule has 0 aliphatic carbocycles. The number of aromatic nitrogens is 1. The number of aliphatic hydroxyl groups is 1. The summed E-state index contributed by atoms with van der Waals surface area (Å²) >= 11 is 0. The summed E-state index contributed by atoms with van der Waals surface area (Å²) in [5.74, 6) is 0.867. The first-order valence-electron chi connectivity index (χ1n) is 4.32. The van der Waals surface area contributed by atoms with Gasteiger partial charge in [0.15, 0.2) is 0 Å². The summed E-state index contributed by atoms with van der Waals surface area (Å²) in [5, 5.41) is 9.72. The molecule has 0 aliphatic heterocycles. The number of methoxy groups -OCH3 is 1. The van der Waals surface area contributed by atoms with E-state index in [1.807, 2.05) is 13.8 Å². The van der Waals surface area contributed by atoms with Crippen molar-refractivity contribution in [3.63, 3.8) is 0 Å². The van der Waals surface area contributed by atoms with E-state index in [2.05, 4.69) is 4.98 Å². The highest BCUT2D eigenvalue weighted by molar-refractivity contribution is 5.25. The van der Waals surface area contributed by atoms with E-state index in [1.54, 1.807) is 25.6 Å². The second-order valence-corrected chi connectivity index (χ2v) is 3.35. The van der Waals surface area contributed by atoms with Crippen LogP contribution in [-0.2, 0) is 0 Å². The van der Waals surface area contributed by atoms with Crippen LogP contribution in [0.2, 0.25) is 0 Å². The number of nitrogens with zero attached hydrogens (tertiary/aromatic N) is 1. The van der Waals surface area contributed by atoms with Gasteiger partial charge in [0.2, 0.25) is 0 Å². The van der Waals surface area contributed by atoms with Gasteiger partial charge in [-0.05, 0) is 12.0 Å². The van der Waals surface area contributed by atoms with E-state index in [4.69, 9.17) is 4.74 Å². The second kappa shape index (κ2) is 4.23. The summed E-state index contributed by atoms with van der Waals surface area (Å²) in [6.07, 6.45) is 2.81. The van der Waals surface area contributed by atoms with Crippen molar-refractivity contribution in [2.75, 3.05) is 7.11 Å². The third-order valence-electron chi connectivity index (χ3n) is 1.94. The zero-order valence-corrected chi connectivity index (χ0v) is 8.19. The summed E-state index contributed by atoms with van der Waals surface area (Å²) in [4.78, 5) is 3.97. The van der Waals surface area contributed by atoms with E-state index in [1.165, 1.54) is 0 Å². The van der Waals surface area contributed by atoms with Crippen LogP contribution in [0, 0.1) is 5.92 Å². The van der Waals surface area contributed by atoms with E-state index in [0.29, 0.717) is 5.75 Å². The standard InChI is InChI=1S/C10H15NO2/c1-7(2)10(12)8-4-9(13-3)6-11-5-8/h4-7,10,12H,1-3H3. The normalized spacial score (nSPS) is 13.0. The molecule has 1 aromatic heterocycles. The molecule has 0 fully saturated rings. The van der Waals surface area contributed by atoms with Gasteiger partial charge in [-0.25, -0.2) is 0 Å². The van der Waals surface area contributed by atoms with Crippen LogP contribution in [0.25, 0.3) is 0 Å². The number of hydrogen-bond donors (Lipinski definition) is 1. The van der Waals surface area contributed by atoms with Gasteiger partial charge in [0, 0.05) is 11.8 Å². The van der Waals surface area contributed by atoms with E-state index >= 15 is 0 Å². The Kier molecular flexibility index (Phi) is 3.25. The van der Waals surface area contributed by atoms with Crippen LogP contribution < -0.4 is 4.74 Å². The van der Waals surface area contributed by atoms with Crippen LogP contribution in [0.15, 0.2) is 18.5 Å². The first-order valence-corrected chi connectivity index (χ1v) is 4.32. The molecule has 13 heavy (non-hydrogen) atoms. The maximum atomic E-state index is 9.72. The Labute approximate surface area is 78.4 Å². The van der Waals surface area contributed by atoms with Crippen LogP contribution in [0.3, 0.4) is 0 Å². The first kappa shape index (κ1) is 9.99. The van der Waals surface area contributed by atoms with Crippen molar-refractivity contribution in [3.05, 3.63) is 24.0 Å². The Bertz CT molecular complexity index is 273. The lowest BCUT2D eigenvalue weighted by Gasteiger charge is -2.14. The van der Waals surface area contributed by atoms with Gasteiger partial charge in [-0.15, -0.1) is 0 Å². The van der Waals surface area contributed by atoms with Gasteiger partial charge in [-0.3, -0.25) is 4.98 Å². The molecule has 1 atom stereocenters. The maximum Gasteiger partial charge on any atom is 0.137 e. The molecule has 72 valence electrons. The highest BCUT2D eigenvalue weighted by atomic mass is 16.5. The SMILES string of the molecule is COc1cncc(C(O)C(C)C)c1. The minimum absolute atomic E-state index is 0.189. The average Bonchev–Trinajstić information content (AvgIpc) is 2.16. The molecule has 0 radical (unpaired) electrons. The zero-order chi connectivity index (χ0) is 9.84. The maximum absolute atomic E-state index is 9.72. The Morgan fingerprint density at radius 2 is 2.08 bits per heavy atom. The van der Waals surface area contributed by atoms with E-state index < -0.39 is 6.10 Å². The molecule has 0 aliphatic rings. The summed E-state index contributed by atoms with van der Waals surface area (Å²) in [6, 6.07) is 1.80. The van der Waals surface area contributed by atoms with Crippen molar-refractivity contribution in [2.45, 2.75) is 20.0 Å². The fraction of sp³-hybridized carbons (Fsp3) is 0.500. The van der Waals surface area contributed by atoms with E-state index in [0.717, 1.165) is 5.56 Å². The lowest BCUT2D eigenvalue weighted by molar-refractivity contribution is 0.126. The molecule has 1 rings (SSSR count). The predicted molar refractivity (Wildman–Crippen MR) is 50.6 cm³/mol. The van der Waals surface area contributed by atoms with Crippen LogP contribution >= 0.6 is 0 Å². The van der Waals surface area contributed by atoms with Gasteiger partial charge < -0.3 is 9.84 Å². The van der Waals surface area contributed by atoms with Crippen molar-refractivity contribution in [1.82, 2.24) is 4.98 Å². The molecule has 0 saturated carbocycles. The Morgan fingerprint density at radius 1 is 1.38 bits per heavy atom. The van der Waals surface area contributed by atoms with Gasteiger partial charge in [-0.1, -0.05) is 13.8 Å². The fourth-order valence-corrected chi connectivity index (χ4v) is 1.09. The summed E-state index contributed by atoms with van der Waals surface area (Å²) < 4.78 is 5.01. The summed E-state index contributed by atoms with van der Waals surface area (Å²) in [6.45, 7) is 3.92. The third-order valence-corrected chi connectivity index (χ3v) is 1.94. The van der Waals surface area contributed by atoms with E-state index in [-0.39, 0.29) is 5.92 Å². The van der Waals surface area contributed by atoms with Gasteiger partial charge in [0.1, 0.15) is 5.75 Å². The van der Waals surface area contributed by atoms with Crippen molar-refractivity contribution < 1.29 is 9.84 Å². The summed E-state index contributed by atoms with van der Waals surface area (Å²) in [5.41, 5.74) is 0.800. The largest absolute Gasteiger partial charge is 0.495 e. The number of aliphatic hydroxyl groups excluding tert-OH is 1. The fourth-order valence-electron chi connectivity index (χ4n) is 1.09. The van der Waals surface area contributed by atoms with Crippen molar-refractivity contribution in [1.29, 1.82) is 0 Å². The topological polar surface area (TPSA) is 42.4 Å². The van der Waals surface area contributed by atoms with E-state index in [9.17, 15) is 5.11 Å². The zero-order valence-electron chi connectivity index (χ0n) is 8.19. The minimum atomic E-state index is -0.470. The number of rotatable bonds is 3. The molecule has 1 aromatic rings. The molecule has 0 saturated heterocycles. The average molecular weight is 181 g/mol. The van der Waals surface area contributed by atoms with Crippen LogP contribution in [0.5, 0.6) is 5.75 Å². The Balaban J connectivity index is 2.88. The monoisotopic (exact) mass is 181 g/mol. The van der Waals surface area contributed by atoms with Gasteiger partial charge >= 0.3 is 0 Å². The minimum Gasteiger partial charge on any atom is -0.495 e. The molecule has 0 spiro atoms. The van der Waals surface area contributed by atoms with Crippen molar-refractivity contribution in [3.8, 4) is 5.75 Å². The lowest BCUT2D eigenvalue weighted by Crippen LogP contribution is -2.05. The molecule has 0 bridgehead atoms. The molecule has 1 unspecified atom stereocenters. The summed E-state index contributed by atoms with van der Waals surface area (Å²) in [7, 11) is 1.59. The molecule has 0 aromatic carbocycles.